The number of anilines is 1. The van der Waals surface area contributed by atoms with Gasteiger partial charge in [0.2, 0.25) is 0 Å². The number of aliphatic imine (C=N–C) groups is 2. The molecule has 6 rings (SSSR count). The third-order valence-electron chi connectivity index (χ3n) is 9.55. The number of alkyl halides is 5. The van der Waals surface area contributed by atoms with Gasteiger partial charge in [0.15, 0.2) is 11.5 Å². The first-order valence-corrected chi connectivity index (χ1v) is 17.6. The van der Waals surface area contributed by atoms with Gasteiger partial charge in [-0.15, -0.1) is 0 Å². The van der Waals surface area contributed by atoms with E-state index in [4.69, 9.17) is 22.1 Å². The van der Waals surface area contributed by atoms with Crippen molar-refractivity contribution in [2.45, 2.75) is 88.8 Å². The van der Waals surface area contributed by atoms with E-state index in [0.29, 0.717) is 5.56 Å². The van der Waals surface area contributed by atoms with Crippen molar-refractivity contribution in [2.24, 2.45) is 26.2 Å². The van der Waals surface area contributed by atoms with Crippen molar-refractivity contribution >= 4 is 48.3 Å². The second-order valence-electron chi connectivity index (χ2n) is 14.9. The molecule has 2 aliphatic carbocycles. The third-order valence-corrected chi connectivity index (χ3v) is 9.87. The SMILES string of the molecule is C=N/C=N\N(c1cc([C@@H](COC(=O)NC2(C(F)(F)F)CC2)N2C(=O)[C@@](CC(C)(C)C)(c3ccc(-c4cnn(C5CC5)c4)c(F)c3)N=C2N)ccc1Cl)C(F)F. The predicted octanol–water partition coefficient (Wildman–Crippen LogP) is 7.70. The minimum atomic E-state index is -4.76. The number of aromatic nitrogens is 2. The fraction of sp³-hybridized carbons (Fsp3) is 0.444. The Morgan fingerprint density at radius 2 is 1.91 bits per heavy atom. The van der Waals surface area contributed by atoms with Crippen molar-refractivity contribution in [3.63, 3.8) is 0 Å². The zero-order valence-electron chi connectivity index (χ0n) is 30.0. The summed E-state index contributed by atoms with van der Waals surface area (Å²) in [7, 11) is 0. The summed E-state index contributed by atoms with van der Waals surface area (Å²) in [4.78, 5) is 36.7. The van der Waals surface area contributed by atoms with E-state index in [1.165, 1.54) is 24.3 Å². The molecular formula is C36H38ClF6N9O3. The monoisotopic (exact) mass is 793 g/mol. The van der Waals surface area contributed by atoms with Crippen LogP contribution in [0.4, 0.5) is 36.8 Å². The quantitative estimate of drug-likeness (QED) is 0.0597. The van der Waals surface area contributed by atoms with E-state index in [-0.39, 0.29) is 57.7 Å². The Morgan fingerprint density at radius 1 is 1.20 bits per heavy atom. The lowest BCUT2D eigenvalue weighted by molar-refractivity contribution is -0.164. The van der Waals surface area contributed by atoms with Crippen LogP contribution in [0, 0.1) is 11.2 Å². The third kappa shape index (κ3) is 8.00. The molecule has 0 unspecified atom stereocenters. The Bertz CT molecular complexity index is 2040. The number of guanidine groups is 1. The van der Waals surface area contributed by atoms with Crippen LogP contribution in [-0.2, 0) is 15.1 Å². The zero-order valence-corrected chi connectivity index (χ0v) is 30.7. The number of ether oxygens (including phenoxy) is 1. The normalized spacial score (nSPS) is 20.2. The van der Waals surface area contributed by atoms with E-state index < -0.39 is 65.6 Å². The summed E-state index contributed by atoms with van der Waals surface area (Å²) in [5.74, 6) is -1.88. The number of hydrazone groups is 1. The molecule has 294 valence electrons. The molecule has 3 aromatic rings. The highest BCUT2D eigenvalue weighted by Gasteiger charge is 2.64. The molecule has 1 aromatic heterocycles. The van der Waals surface area contributed by atoms with Gasteiger partial charge in [0.25, 0.3) is 5.91 Å². The topological polar surface area (TPSA) is 143 Å². The highest BCUT2D eigenvalue weighted by molar-refractivity contribution is 6.33. The molecule has 0 saturated heterocycles. The summed E-state index contributed by atoms with van der Waals surface area (Å²) < 4.78 is 92.5. The van der Waals surface area contributed by atoms with Crippen LogP contribution in [0.15, 0.2) is 63.9 Å². The predicted molar refractivity (Wildman–Crippen MR) is 193 cm³/mol. The van der Waals surface area contributed by atoms with Gasteiger partial charge in [-0.05, 0) is 73.6 Å². The maximum atomic E-state index is 16.0. The van der Waals surface area contributed by atoms with Crippen LogP contribution in [-0.4, -0.2) is 70.6 Å². The molecule has 2 fully saturated rings. The van der Waals surface area contributed by atoms with E-state index in [1.807, 2.05) is 26.1 Å². The molecule has 2 aromatic carbocycles. The van der Waals surface area contributed by atoms with Crippen LogP contribution < -0.4 is 16.1 Å². The maximum absolute atomic E-state index is 16.0. The minimum absolute atomic E-state index is 0.00355. The summed E-state index contributed by atoms with van der Waals surface area (Å²) in [5.41, 5.74) is 2.07. The second kappa shape index (κ2) is 14.5. The van der Waals surface area contributed by atoms with Gasteiger partial charge in [-0.1, -0.05) is 50.6 Å². The number of rotatable bonds is 13. The van der Waals surface area contributed by atoms with Crippen molar-refractivity contribution in [3.05, 3.63) is 70.8 Å². The fourth-order valence-electron chi connectivity index (χ4n) is 6.63. The number of alkyl carbamates (subject to hydrolysis) is 1. The largest absolute Gasteiger partial charge is 0.447 e. The molecule has 2 heterocycles. The lowest BCUT2D eigenvalue weighted by atomic mass is 9.75. The number of amides is 2. The first-order chi connectivity index (χ1) is 25.8. The van der Waals surface area contributed by atoms with Crippen molar-refractivity contribution in [1.82, 2.24) is 20.0 Å². The van der Waals surface area contributed by atoms with Crippen LogP contribution >= 0.6 is 11.6 Å². The Labute approximate surface area is 317 Å². The summed E-state index contributed by atoms with van der Waals surface area (Å²) in [6, 6.07) is 6.70. The van der Waals surface area contributed by atoms with Crippen LogP contribution in [0.3, 0.4) is 0 Å². The first-order valence-electron chi connectivity index (χ1n) is 17.2. The number of carbonyl (C=O) groups excluding carboxylic acids is 2. The van der Waals surface area contributed by atoms with E-state index >= 15 is 4.39 Å². The van der Waals surface area contributed by atoms with Gasteiger partial charge < -0.3 is 15.8 Å². The van der Waals surface area contributed by atoms with Gasteiger partial charge in [0.1, 0.15) is 24.3 Å². The van der Waals surface area contributed by atoms with Gasteiger partial charge in [-0.3, -0.25) is 19.4 Å². The summed E-state index contributed by atoms with van der Waals surface area (Å²) >= 11 is 6.31. The van der Waals surface area contributed by atoms with Crippen molar-refractivity contribution < 1.29 is 40.7 Å². The Hall–Kier alpha value is -5.13. The average Bonchev–Trinajstić information content (AvgIpc) is 4.03. The van der Waals surface area contributed by atoms with Crippen molar-refractivity contribution in [1.29, 1.82) is 0 Å². The van der Waals surface area contributed by atoms with Gasteiger partial charge in [0, 0.05) is 17.3 Å². The van der Waals surface area contributed by atoms with Gasteiger partial charge in [-0.2, -0.15) is 32.2 Å². The lowest BCUT2D eigenvalue weighted by Gasteiger charge is -2.35. The molecule has 3 aliphatic rings. The molecule has 12 nitrogen and oxygen atoms in total. The van der Waals surface area contributed by atoms with Gasteiger partial charge in [-0.25, -0.2) is 19.2 Å². The molecular weight excluding hydrogens is 756 g/mol. The number of nitrogens with one attached hydrogen (secondary N) is 1. The lowest BCUT2D eigenvalue weighted by Crippen LogP contribution is -2.50. The Kier molecular flexibility index (Phi) is 10.4. The number of nitrogens with two attached hydrogens (primary N) is 1. The van der Waals surface area contributed by atoms with Crippen LogP contribution in [0.25, 0.3) is 11.1 Å². The molecule has 2 saturated carbocycles. The highest BCUT2D eigenvalue weighted by atomic mass is 35.5. The van der Waals surface area contributed by atoms with Gasteiger partial charge in [0.05, 0.1) is 29.0 Å². The number of benzene rings is 2. The van der Waals surface area contributed by atoms with Crippen molar-refractivity contribution in [3.8, 4) is 11.1 Å². The number of halogens is 7. The molecule has 3 N–H and O–H groups in total. The molecule has 0 bridgehead atoms. The molecule has 2 amide bonds. The number of hydrogen-bond acceptors (Lipinski definition) is 8. The smallest absolute Gasteiger partial charge is 0.411 e. The Balaban J connectivity index is 1.40. The number of nitrogens with zero attached hydrogens (tertiary/aromatic N) is 7. The second-order valence-corrected chi connectivity index (χ2v) is 15.4. The van der Waals surface area contributed by atoms with Crippen LogP contribution in [0.2, 0.25) is 5.02 Å². The maximum Gasteiger partial charge on any atom is 0.411 e. The van der Waals surface area contributed by atoms with Crippen molar-refractivity contribution in [2.75, 3.05) is 11.6 Å². The molecule has 1 aliphatic heterocycles. The first kappa shape index (κ1) is 39.6. The van der Waals surface area contributed by atoms with E-state index in [9.17, 15) is 31.5 Å². The summed E-state index contributed by atoms with van der Waals surface area (Å²) in [6.45, 7) is 4.60. The van der Waals surface area contributed by atoms with Gasteiger partial charge >= 0.3 is 18.8 Å². The van der Waals surface area contributed by atoms with E-state index in [1.54, 1.807) is 23.1 Å². The standard InChI is InChI=1S/C36H38ClF6N9O3/c1-33(2,3)18-35(22-6-9-24(26(38)14-22)21-15-46-50(16-21)23-7-8-23)29(53)51(31(44)48-35)28(17-55-32(54)49-34(11-12-34)36(41,42)43)20-5-10-25(37)27(13-20)52(30(39)40)47-19-45-4/h5-6,9-10,13-16,19,23,28,30H,4,7-8,11-12,17-18H2,1-3H3,(H2,44,48)(H,49,54)/b47-19-/t28-,35-/m1/s1. The molecule has 2 atom stereocenters. The van der Waals surface area contributed by atoms with E-state index in [2.05, 4.69) is 26.9 Å². The molecule has 55 heavy (non-hydrogen) atoms. The van der Waals surface area contributed by atoms with Crippen LogP contribution in [0.1, 0.15) is 76.1 Å². The minimum Gasteiger partial charge on any atom is -0.447 e. The zero-order chi connectivity index (χ0) is 40.1. The molecule has 0 radical (unpaired) electrons. The van der Waals surface area contributed by atoms with Crippen LogP contribution in [0.5, 0.6) is 0 Å². The summed E-state index contributed by atoms with van der Waals surface area (Å²) in [5, 5.41) is 9.77. The molecule has 0 spiro atoms. The molecule has 19 heteroatoms. The number of hydrogen-bond donors (Lipinski definition) is 2. The highest BCUT2D eigenvalue weighted by Crippen LogP contribution is 2.49. The Morgan fingerprint density at radius 3 is 2.49 bits per heavy atom. The van der Waals surface area contributed by atoms with E-state index in [0.717, 1.165) is 30.1 Å². The summed E-state index contributed by atoms with van der Waals surface area (Å²) in [6.07, 6.45) is -0.952. The number of carbonyl (C=O) groups is 2. The average molecular weight is 794 g/mol. The fourth-order valence-corrected chi connectivity index (χ4v) is 6.83.